The van der Waals surface area contributed by atoms with Gasteiger partial charge in [-0.3, -0.25) is 4.79 Å². The summed E-state index contributed by atoms with van der Waals surface area (Å²) in [4.78, 5) is 14.3. The molecule has 1 N–H and O–H groups in total. The quantitative estimate of drug-likeness (QED) is 0.774. The number of ketones is 1. The fraction of sp³-hybridized carbons (Fsp3) is 0.250. The highest BCUT2D eigenvalue weighted by molar-refractivity contribution is 9.10. The fourth-order valence-electron chi connectivity index (χ4n) is 1.38. The van der Waals surface area contributed by atoms with Crippen LogP contribution in [0.3, 0.4) is 0 Å². The Balaban J connectivity index is 0.000000531. The van der Waals surface area contributed by atoms with Crippen molar-refractivity contribution >= 4 is 32.6 Å². The zero-order chi connectivity index (χ0) is 11.4. The van der Waals surface area contributed by atoms with Crippen LogP contribution in [-0.2, 0) is 0 Å². The van der Waals surface area contributed by atoms with Crippen molar-refractivity contribution in [2.75, 3.05) is 0 Å². The second-order valence-corrected chi connectivity index (χ2v) is 3.86. The minimum Gasteiger partial charge on any atom is -0.360 e. The van der Waals surface area contributed by atoms with E-state index in [0.717, 1.165) is 20.9 Å². The number of aromatic amines is 1. The molecule has 0 radical (unpaired) electrons. The predicted molar refractivity (Wildman–Crippen MR) is 67.4 cm³/mol. The molecule has 0 aliphatic carbocycles. The van der Waals surface area contributed by atoms with Crippen molar-refractivity contribution in [3.05, 3.63) is 34.4 Å². The van der Waals surface area contributed by atoms with E-state index in [2.05, 4.69) is 20.9 Å². The van der Waals surface area contributed by atoms with Crippen LogP contribution in [0.2, 0.25) is 0 Å². The SMILES string of the molecule is CC.CC(=O)c1c[nH]c2ccc(Br)cc12. The first-order valence-electron chi connectivity index (χ1n) is 4.96. The summed E-state index contributed by atoms with van der Waals surface area (Å²) in [6.45, 7) is 5.57. The summed E-state index contributed by atoms with van der Waals surface area (Å²) in [6.07, 6.45) is 1.75. The molecule has 1 aromatic carbocycles. The van der Waals surface area contributed by atoms with E-state index < -0.39 is 0 Å². The van der Waals surface area contributed by atoms with E-state index in [4.69, 9.17) is 0 Å². The average molecular weight is 268 g/mol. The maximum absolute atomic E-state index is 11.2. The number of Topliss-reactive ketones (excluding diaryl/α,β-unsaturated/α-hetero) is 1. The summed E-state index contributed by atoms with van der Waals surface area (Å²) in [5.41, 5.74) is 1.74. The number of hydrogen-bond acceptors (Lipinski definition) is 1. The van der Waals surface area contributed by atoms with E-state index in [1.165, 1.54) is 0 Å². The molecule has 15 heavy (non-hydrogen) atoms. The molecule has 0 aliphatic heterocycles. The number of nitrogens with one attached hydrogen (secondary N) is 1. The number of halogens is 1. The van der Waals surface area contributed by atoms with Crippen LogP contribution in [0, 0.1) is 0 Å². The second-order valence-electron chi connectivity index (χ2n) is 2.95. The van der Waals surface area contributed by atoms with E-state index in [1.807, 2.05) is 32.0 Å². The Morgan fingerprint density at radius 1 is 1.33 bits per heavy atom. The highest BCUT2D eigenvalue weighted by Crippen LogP contribution is 2.22. The van der Waals surface area contributed by atoms with Crippen LogP contribution in [0.4, 0.5) is 0 Å². The smallest absolute Gasteiger partial charge is 0.161 e. The number of carbonyl (C=O) groups is 1. The molecule has 2 aromatic rings. The molecule has 0 saturated carbocycles. The summed E-state index contributed by atoms with van der Waals surface area (Å²) in [7, 11) is 0. The number of benzene rings is 1. The van der Waals surface area contributed by atoms with Gasteiger partial charge in [-0.1, -0.05) is 29.8 Å². The highest BCUT2D eigenvalue weighted by Gasteiger charge is 2.07. The molecule has 3 heteroatoms. The first-order chi connectivity index (χ1) is 7.18. The first-order valence-corrected chi connectivity index (χ1v) is 5.75. The molecule has 0 fully saturated rings. The van der Waals surface area contributed by atoms with Gasteiger partial charge < -0.3 is 4.98 Å². The van der Waals surface area contributed by atoms with Gasteiger partial charge in [-0.25, -0.2) is 0 Å². The molecule has 0 aliphatic rings. The zero-order valence-electron chi connectivity index (χ0n) is 9.10. The van der Waals surface area contributed by atoms with Crippen LogP contribution in [0.15, 0.2) is 28.9 Å². The van der Waals surface area contributed by atoms with Crippen molar-refractivity contribution in [2.45, 2.75) is 20.8 Å². The van der Waals surface area contributed by atoms with Crippen LogP contribution < -0.4 is 0 Å². The minimum atomic E-state index is 0.0874. The van der Waals surface area contributed by atoms with Crippen molar-refractivity contribution < 1.29 is 4.79 Å². The summed E-state index contributed by atoms with van der Waals surface area (Å²) >= 11 is 3.38. The Hall–Kier alpha value is -1.09. The normalized spacial score (nSPS) is 9.60. The Kier molecular flexibility index (Phi) is 4.09. The third-order valence-corrected chi connectivity index (χ3v) is 2.52. The van der Waals surface area contributed by atoms with Crippen molar-refractivity contribution in [1.29, 1.82) is 0 Å². The van der Waals surface area contributed by atoms with Crippen molar-refractivity contribution in [3.8, 4) is 0 Å². The van der Waals surface area contributed by atoms with Gasteiger partial charge in [0.2, 0.25) is 0 Å². The monoisotopic (exact) mass is 267 g/mol. The van der Waals surface area contributed by atoms with E-state index in [-0.39, 0.29) is 5.78 Å². The van der Waals surface area contributed by atoms with Crippen molar-refractivity contribution in [2.24, 2.45) is 0 Å². The van der Waals surface area contributed by atoms with Crippen LogP contribution in [-0.4, -0.2) is 10.8 Å². The number of fused-ring (bicyclic) bond motifs is 1. The molecular weight excluding hydrogens is 254 g/mol. The van der Waals surface area contributed by atoms with Gasteiger partial charge in [0, 0.05) is 27.1 Å². The van der Waals surface area contributed by atoms with Gasteiger partial charge in [-0.15, -0.1) is 0 Å². The molecular formula is C12H14BrNO. The Morgan fingerprint density at radius 3 is 2.60 bits per heavy atom. The molecule has 1 aromatic heterocycles. The summed E-state index contributed by atoms with van der Waals surface area (Å²) in [6, 6.07) is 5.84. The van der Waals surface area contributed by atoms with Gasteiger partial charge >= 0.3 is 0 Å². The largest absolute Gasteiger partial charge is 0.360 e. The predicted octanol–water partition coefficient (Wildman–Crippen LogP) is 4.16. The first kappa shape index (κ1) is 12.0. The maximum atomic E-state index is 11.2. The summed E-state index contributed by atoms with van der Waals surface area (Å²) in [5, 5.41) is 0.974. The van der Waals surface area contributed by atoms with Gasteiger partial charge in [-0.2, -0.15) is 0 Å². The number of hydrogen-bond donors (Lipinski definition) is 1. The lowest BCUT2D eigenvalue weighted by molar-refractivity contribution is 0.101. The summed E-state index contributed by atoms with van der Waals surface area (Å²) < 4.78 is 0.988. The van der Waals surface area contributed by atoms with Gasteiger partial charge in [-0.05, 0) is 25.1 Å². The fourth-order valence-corrected chi connectivity index (χ4v) is 1.75. The standard InChI is InChI=1S/C10H8BrNO.C2H6/c1-6(13)9-5-12-10-3-2-7(11)4-8(9)10;1-2/h2-5,12H,1H3;1-2H3. The molecule has 0 bridgehead atoms. The Labute approximate surface area is 97.8 Å². The average Bonchev–Trinajstić information content (AvgIpc) is 2.63. The number of rotatable bonds is 1. The molecule has 0 saturated heterocycles. The van der Waals surface area contributed by atoms with Gasteiger partial charge in [0.25, 0.3) is 0 Å². The van der Waals surface area contributed by atoms with Crippen molar-refractivity contribution in [3.63, 3.8) is 0 Å². The molecule has 0 spiro atoms. The third-order valence-electron chi connectivity index (χ3n) is 2.02. The van der Waals surface area contributed by atoms with E-state index >= 15 is 0 Å². The minimum absolute atomic E-state index is 0.0874. The molecule has 0 amide bonds. The lowest BCUT2D eigenvalue weighted by atomic mass is 10.1. The molecule has 1 heterocycles. The maximum Gasteiger partial charge on any atom is 0.161 e. The van der Waals surface area contributed by atoms with Gasteiger partial charge in [0.05, 0.1) is 0 Å². The highest BCUT2D eigenvalue weighted by atomic mass is 79.9. The van der Waals surface area contributed by atoms with Gasteiger partial charge in [0.15, 0.2) is 5.78 Å². The van der Waals surface area contributed by atoms with E-state index in [9.17, 15) is 4.79 Å². The molecule has 80 valence electrons. The number of H-pyrrole nitrogens is 1. The zero-order valence-corrected chi connectivity index (χ0v) is 10.7. The van der Waals surface area contributed by atoms with Crippen LogP contribution >= 0.6 is 15.9 Å². The topological polar surface area (TPSA) is 32.9 Å². The van der Waals surface area contributed by atoms with Crippen LogP contribution in [0.5, 0.6) is 0 Å². The van der Waals surface area contributed by atoms with Crippen LogP contribution in [0.25, 0.3) is 10.9 Å². The number of carbonyl (C=O) groups excluding carboxylic acids is 1. The molecule has 0 atom stereocenters. The number of aromatic nitrogens is 1. The molecule has 2 rings (SSSR count). The van der Waals surface area contributed by atoms with E-state index in [1.54, 1.807) is 13.1 Å². The van der Waals surface area contributed by atoms with Crippen molar-refractivity contribution in [1.82, 2.24) is 4.98 Å². The van der Waals surface area contributed by atoms with Gasteiger partial charge in [0.1, 0.15) is 0 Å². The van der Waals surface area contributed by atoms with E-state index in [0.29, 0.717) is 0 Å². The molecule has 2 nitrogen and oxygen atoms in total. The molecule has 0 unspecified atom stereocenters. The lowest BCUT2D eigenvalue weighted by Crippen LogP contribution is -1.88. The lowest BCUT2D eigenvalue weighted by Gasteiger charge is -1.93. The Morgan fingerprint density at radius 2 is 2.00 bits per heavy atom. The Bertz CT molecular complexity index is 473. The van der Waals surface area contributed by atoms with Crippen LogP contribution in [0.1, 0.15) is 31.1 Å². The third kappa shape index (κ3) is 2.48. The second kappa shape index (κ2) is 5.12. The summed E-state index contributed by atoms with van der Waals surface area (Å²) in [5.74, 6) is 0.0874.